The van der Waals surface area contributed by atoms with E-state index in [0.29, 0.717) is 13.2 Å². The molecule has 3 heteroatoms. The molecule has 1 radical (unpaired) electrons. The minimum atomic E-state index is 0. The van der Waals surface area contributed by atoms with Crippen molar-refractivity contribution in [3.05, 3.63) is 0 Å². The van der Waals surface area contributed by atoms with Gasteiger partial charge in [-0.25, -0.2) is 0 Å². The SMILES string of the molecule is CCCO.CCCO.[K]. The van der Waals surface area contributed by atoms with Gasteiger partial charge in [0, 0.05) is 64.6 Å². The Balaban J connectivity index is -0.0000000720. The summed E-state index contributed by atoms with van der Waals surface area (Å²) in [4.78, 5) is 0. The van der Waals surface area contributed by atoms with Crippen molar-refractivity contribution in [2.75, 3.05) is 13.2 Å². The fraction of sp³-hybridized carbons (Fsp3) is 1.00. The molecule has 0 aliphatic rings. The van der Waals surface area contributed by atoms with Crippen LogP contribution in [0.3, 0.4) is 0 Å². The van der Waals surface area contributed by atoms with Crippen LogP contribution in [-0.4, -0.2) is 74.8 Å². The zero-order valence-corrected chi connectivity index (χ0v) is 9.85. The first-order valence-corrected chi connectivity index (χ1v) is 3.05. The quantitative estimate of drug-likeness (QED) is 0.572. The molecule has 0 heterocycles. The van der Waals surface area contributed by atoms with Gasteiger partial charge in [-0.2, -0.15) is 0 Å². The van der Waals surface area contributed by atoms with Crippen LogP contribution in [0.25, 0.3) is 0 Å². The molecule has 0 aromatic carbocycles. The molecule has 0 atom stereocenters. The van der Waals surface area contributed by atoms with Crippen molar-refractivity contribution in [2.45, 2.75) is 26.7 Å². The predicted molar refractivity (Wildman–Crippen MR) is 40.5 cm³/mol. The van der Waals surface area contributed by atoms with E-state index in [9.17, 15) is 0 Å². The summed E-state index contributed by atoms with van der Waals surface area (Å²) in [5.41, 5.74) is 0. The fourth-order valence-corrected chi connectivity index (χ4v) is 0. The van der Waals surface area contributed by atoms with E-state index in [-0.39, 0.29) is 51.4 Å². The summed E-state index contributed by atoms with van der Waals surface area (Å²) in [6.07, 6.45) is 1.75. The Bertz CT molecular complexity index is 19.0. The molecular weight excluding hydrogens is 143 g/mol. The second kappa shape index (κ2) is 22.7. The van der Waals surface area contributed by atoms with Crippen LogP contribution in [0.1, 0.15) is 26.7 Å². The van der Waals surface area contributed by atoms with Crippen LogP contribution in [0.15, 0.2) is 0 Å². The summed E-state index contributed by atoms with van der Waals surface area (Å²) in [5.74, 6) is 0. The Morgan fingerprint density at radius 2 is 1.00 bits per heavy atom. The van der Waals surface area contributed by atoms with Crippen LogP contribution < -0.4 is 0 Å². The number of aliphatic hydroxyl groups is 2. The molecule has 9 heavy (non-hydrogen) atoms. The monoisotopic (exact) mass is 159 g/mol. The van der Waals surface area contributed by atoms with Crippen molar-refractivity contribution < 1.29 is 10.2 Å². The van der Waals surface area contributed by atoms with Crippen molar-refractivity contribution in [3.63, 3.8) is 0 Å². The Kier molecular flexibility index (Phi) is 42.5. The van der Waals surface area contributed by atoms with Gasteiger partial charge in [-0.15, -0.1) is 0 Å². The van der Waals surface area contributed by atoms with Crippen molar-refractivity contribution in [2.24, 2.45) is 0 Å². The maximum absolute atomic E-state index is 7.88. The van der Waals surface area contributed by atoms with Gasteiger partial charge in [-0.3, -0.25) is 0 Å². The number of rotatable bonds is 2. The van der Waals surface area contributed by atoms with Crippen LogP contribution in [0.4, 0.5) is 0 Å². The smallest absolute Gasteiger partial charge is 0.0428 e. The minimum absolute atomic E-state index is 0. The van der Waals surface area contributed by atoms with E-state index >= 15 is 0 Å². The predicted octanol–water partition coefficient (Wildman–Crippen LogP) is 0.397. The molecule has 0 saturated carbocycles. The second-order valence-corrected chi connectivity index (χ2v) is 1.45. The van der Waals surface area contributed by atoms with E-state index in [4.69, 9.17) is 10.2 Å². The summed E-state index contributed by atoms with van der Waals surface area (Å²) in [7, 11) is 0. The van der Waals surface area contributed by atoms with Crippen molar-refractivity contribution >= 4 is 51.4 Å². The van der Waals surface area contributed by atoms with Gasteiger partial charge in [0.1, 0.15) is 0 Å². The summed E-state index contributed by atoms with van der Waals surface area (Å²) in [5, 5.41) is 15.8. The number of hydrogen-bond acceptors (Lipinski definition) is 2. The van der Waals surface area contributed by atoms with Gasteiger partial charge in [0.15, 0.2) is 0 Å². The average molecular weight is 159 g/mol. The number of hydrogen-bond donors (Lipinski definition) is 2. The topological polar surface area (TPSA) is 40.5 Å². The van der Waals surface area contributed by atoms with E-state index in [1.165, 1.54) is 0 Å². The maximum atomic E-state index is 7.88. The summed E-state index contributed by atoms with van der Waals surface area (Å²) in [6, 6.07) is 0. The van der Waals surface area contributed by atoms with Gasteiger partial charge in [0.05, 0.1) is 0 Å². The summed E-state index contributed by atoms with van der Waals surface area (Å²) in [6.45, 7) is 4.50. The van der Waals surface area contributed by atoms with Gasteiger partial charge < -0.3 is 10.2 Å². The first-order chi connectivity index (χ1) is 3.83. The standard InChI is InChI=1S/2C3H8O.K/c2*1-2-3-4;/h2*4H,2-3H2,1H3;. The first-order valence-electron chi connectivity index (χ1n) is 3.05. The van der Waals surface area contributed by atoms with Crippen molar-refractivity contribution in [1.29, 1.82) is 0 Å². The third kappa shape index (κ3) is 43.1. The minimum Gasteiger partial charge on any atom is -0.396 e. The molecule has 0 aromatic heterocycles. The van der Waals surface area contributed by atoms with Crippen molar-refractivity contribution in [1.82, 2.24) is 0 Å². The summed E-state index contributed by atoms with van der Waals surface area (Å²) >= 11 is 0. The first kappa shape index (κ1) is 16.9. The second-order valence-electron chi connectivity index (χ2n) is 1.45. The largest absolute Gasteiger partial charge is 0.396 e. The van der Waals surface area contributed by atoms with Gasteiger partial charge in [-0.1, -0.05) is 13.8 Å². The van der Waals surface area contributed by atoms with Crippen LogP contribution in [0.5, 0.6) is 0 Å². The maximum Gasteiger partial charge on any atom is 0.0428 e. The molecule has 0 amide bonds. The third-order valence-corrected chi connectivity index (χ3v) is 0.447. The van der Waals surface area contributed by atoms with Crippen LogP contribution in [0, 0.1) is 0 Å². The zero-order chi connectivity index (χ0) is 6.83. The Morgan fingerprint density at radius 3 is 1.00 bits per heavy atom. The molecule has 0 spiro atoms. The molecule has 0 aliphatic heterocycles. The Labute approximate surface area is 100 Å². The molecule has 0 bridgehead atoms. The zero-order valence-electron chi connectivity index (χ0n) is 6.72. The van der Waals surface area contributed by atoms with Gasteiger partial charge in [0.25, 0.3) is 0 Å². The van der Waals surface area contributed by atoms with E-state index in [1.807, 2.05) is 13.8 Å². The average Bonchev–Trinajstić information content (AvgIpc) is 1.88. The van der Waals surface area contributed by atoms with Gasteiger partial charge in [-0.05, 0) is 12.8 Å². The van der Waals surface area contributed by atoms with Gasteiger partial charge >= 0.3 is 0 Å². The van der Waals surface area contributed by atoms with E-state index in [2.05, 4.69) is 0 Å². The Hall–Kier alpha value is 1.56. The molecule has 53 valence electrons. The van der Waals surface area contributed by atoms with E-state index < -0.39 is 0 Å². The van der Waals surface area contributed by atoms with E-state index in [0.717, 1.165) is 12.8 Å². The van der Waals surface area contributed by atoms with Crippen LogP contribution >= 0.6 is 0 Å². The molecule has 0 rings (SSSR count). The fourth-order valence-electron chi connectivity index (χ4n) is 0. The molecule has 0 unspecified atom stereocenters. The van der Waals surface area contributed by atoms with Crippen LogP contribution in [0.2, 0.25) is 0 Å². The summed E-state index contributed by atoms with van der Waals surface area (Å²) < 4.78 is 0. The molecule has 0 aromatic rings. The molecule has 0 aliphatic carbocycles. The molecule has 2 N–H and O–H groups in total. The Morgan fingerprint density at radius 1 is 0.889 bits per heavy atom. The molecule has 0 fully saturated rings. The third-order valence-electron chi connectivity index (χ3n) is 0.447. The van der Waals surface area contributed by atoms with Crippen LogP contribution in [-0.2, 0) is 0 Å². The number of aliphatic hydroxyl groups excluding tert-OH is 2. The molecule has 2 nitrogen and oxygen atoms in total. The van der Waals surface area contributed by atoms with Gasteiger partial charge in [0.2, 0.25) is 0 Å². The molecular formula is C6H16KO2. The van der Waals surface area contributed by atoms with Crippen molar-refractivity contribution in [3.8, 4) is 0 Å². The molecule has 0 saturated heterocycles. The van der Waals surface area contributed by atoms with E-state index in [1.54, 1.807) is 0 Å². The normalized spacial score (nSPS) is 6.67.